The van der Waals surface area contributed by atoms with Gasteiger partial charge in [-0.3, -0.25) is 14.4 Å². The summed E-state index contributed by atoms with van der Waals surface area (Å²) >= 11 is 0. The van der Waals surface area contributed by atoms with E-state index in [1.165, 1.54) is 0 Å². The summed E-state index contributed by atoms with van der Waals surface area (Å²) in [6, 6.07) is 7.14. The molecule has 5 heteroatoms. The SMILES string of the molecule is Cc1ccc(C(=O)COC(=O)[C@@H]2[C@@H]3C[C@@H]4[C@@H]2C(=O)O[C@@H]4C3)cc1. The van der Waals surface area contributed by atoms with Gasteiger partial charge in [-0.1, -0.05) is 29.8 Å². The van der Waals surface area contributed by atoms with Crippen LogP contribution >= 0.6 is 0 Å². The molecule has 1 heterocycles. The summed E-state index contributed by atoms with van der Waals surface area (Å²) in [5, 5.41) is 0. The number of fused-ring (bicyclic) bond motifs is 1. The number of esters is 2. The number of rotatable bonds is 4. The van der Waals surface area contributed by atoms with E-state index in [1.807, 2.05) is 19.1 Å². The average molecular weight is 314 g/mol. The quantitative estimate of drug-likeness (QED) is 0.627. The van der Waals surface area contributed by atoms with Crippen LogP contribution in [0.2, 0.25) is 0 Å². The van der Waals surface area contributed by atoms with Crippen molar-refractivity contribution in [2.75, 3.05) is 6.61 Å². The second kappa shape index (κ2) is 5.18. The van der Waals surface area contributed by atoms with Crippen LogP contribution in [0.5, 0.6) is 0 Å². The van der Waals surface area contributed by atoms with Crippen molar-refractivity contribution < 1.29 is 23.9 Å². The zero-order valence-corrected chi connectivity index (χ0v) is 12.9. The fraction of sp³-hybridized carbons (Fsp3) is 0.500. The molecule has 4 rings (SSSR count). The standard InChI is InChI=1S/C18H18O5/c1-9-2-4-10(5-3-9)13(19)8-22-17(20)15-11-6-12-14(7-11)23-18(21)16(12)15/h2-5,11-12,14-16H,6-8H2,1H3/t11-,12+,14-,15-,16+/m1/s1. The van der Waals surface area contributed by atoms with Crippen molar-refractivity contribution in [2.24, 2.45) is 23.7 Å². The van der Waals surface area contributed by atoms with Crippen LogP contribution in [-0.2, 0) is 19.1 Å². The number of carbonyl (C=O) groups is 3. The molecule has 3 fully saturated rings. The molecule has 1 aliphatic heterocycles. The van der Waals surface area contributed by atoms with Gasteiger partial charge in [0, 0.05) is 11.5 Å². The maximum atomic E-state index is 12.4. The van der Waals surface area contributed by atoms with Crippen molar-refractivity contribution >= 4 is 17.7 Å². The molecule has 0 N–H and O–H groups in total. The Bertz CT molecular complexity index is 675. The lowest BCUT2D eigenvalue weighted by molar-refractivity contribution is -0.154. The van der Waals surface area contributed by atoms with Gasteiger partial charge in [-0.05, 0) is 25.7 Å². The van der Waals surface area contributed by atoms with Gasteiger partial charge in [-0.2, -0.15) is 0 Å². The molecule has 0 amide bonds. The maximum Gasteiger partial charge on any atom is 0.310 e. The number of aryl methyl sites for hydroxylation is 1. The molecular weight excluding hydrogens is 296 g/mol. The highest BCUT2D eigenvalue weighted by molar-refractivity contribution is 5.98. The molecule has 0 radical (unpaired) electrons. The Balaban J connectivity index is 1.40. The first-order valence-corrected chi connectivity index (χ1v) is 8.01. The van der Waals surface area contributed by atoms with Crippen molar-refractivity contribution in [2.45, 2.75) is 25.9 Å². The van der Waals surface area contributed by atoms with Gasteiger partial charge < -0.3 is 9.47 Å². The van der Waals surface area contributed by atoms with E-state index in [9.17, 15) is 14.4 Å². The van der Waals surface area contributed by atoms with Crippen molar-refractivity contribution in [3.63, 3.8) is 0 Å². The van der Waals surface area contributed by atoms with Crippen LogP contribution in [0.25, 0.3) is 0 Å². The van der Waals surface area contributed by atoms with E-state index < -0.39 is 11.9 Å². The average Bonchev–Trinajstić information content (AvgIpc) is 3.14. The van der Waals surface area contributed by atoms with Gasteiger partial charge in [0.2, 0.25) is 0 Å². The van der Waals surface area contributed by atoms with E-state index in [0.717, 1.165) is 18.4 Å². The summed E-state index contributed by atoms with van der Waals surface area (Å²) in [5.74, 6) is -1.40. The van der Waals surface area contributed by atoms with Crippen LogP contribution in [-0.4, -0.2) is 30.4 Å². The number of carbonyl (C=O) groups excluding carboxylic acids is 3. The summed E-state index contributed by atoms with van der Waals surface area (Å²) in [6.45, 7) is 1.67. The number of benzene rings is 1. The first-order chi connectivity index (χ1) is 11.0. The fourth-order valence-electron chi connectivity index (χ4n) is 4.38. The monoisotopic (exact) mass is 314 g/mol. The van der Waals surface area contributed by atoms with Gasteiger partial charge in [0.15, 0.2) is 12.4 Å². The third-order valence-corrected chi connectivity index (χ3v) is 5.47. The smallest absolute Gasteiger partial charge is 0.310 e. The molecule has 1 aromatic carbocycles. The summed E-state index contributed by atoms with van der Waals surface area (Å²) in [4.78, 5) is 36.4. The first-order valence-electron chi connectivity index (χ1n) is 8.01. The highest BCUT2D eigenvalue weighted by atomic mass is 16.6. The topological polar surface area (TPSA) is 69.7 Å². The summed E-state index contributed by atoms with van der Waals surface area (Å²) < 4.78 is 10.5. The van der Waals surface area contributed by atoms with Crippen LogP contribution in [0.1, 0.15) is 28.8 Å². The molecule has 0 unspecified atom stereocenters. The van der Waals surface area contributed by atoms with Crippen LogP contribution in [0.3, 0.4) is 0 Å². The van der Waals surface area contributed by atoms with Gasteiger partial charge in [0.1, 0.15) is 6.10 Å². The van der Waals surface area contributed by atoms with Gasteiger partial charge >= 0.3 is 11.9 Å². The van der Waals surface area contributed by atoms with Crippen LogP contribution in [0.15, 0.2) is 24.3 Å². The van der Waals surface area contributed by atoms with Crippen molar-refractivity contribution in [3.8, 4) is 0 Å². The lowest BCUT2D eigenvalue weighted by atomic mass is 9.80. The zero-order chi connectivity index (χ0) is 16.1. The molecule has 5 atom stereocenters. The third-order valence-electron chi connectivity index (χ3n) is 5.47. The largest absolute Gasteiger partial charge is 0.462 e. The normalized spacial score (nSPS) is 33.6. The number of hydrogen-bond donors (Lipinski definition) is 0. The van der Waals surface area contributed by atoms with Crippen LogP contribution in [0.4, 0.5) is 0 Å². The lowest BCUT2D eigenvalue weighted by Crippen LogP contribution is -2.34. The van der Waals surface area contributed by atoms with Crippen molar-refractivity contribution in [1.82, 2.24) is 0 Å². The molecule has 3 aliphatic rings. The highest BCUT2D eigenvalue weighted by Crippen LogP contribution is 2.57. The molecule has 5 nitrogen and oxygen atoms in total. The van der Waals surface area contributed by atoms with E-state index in [4.69, 9.17) is 9.47 Å². The van der Waals surface area contributed by atoms with Crippen LogP contribution < -0.4 is 0 Å². The molecule has 0 spiro atoms. The fourth-order valence-corrected chi connectivity index (χ4v) is 4.38. The maximum absolute atomic E-state index is 12.4. The van der Waals surface area contributed by atoms with Gasteiger partial charge in [0.25, 0.3) is 0 Å². The van der Waals surface area contributed by atoms with E-state index in [0.29, 0.717) is 5.56 Å². The molecule has 2 saturated carbocycles. The van der Waals surface area contributed by atoms with E-state index in [2.05, 4.69) is 0 Å². The second-order valence-electron chi connectivity index (χ2n) is 6.82. The Morgan fingerprint density at radius 2 is 1.96 bits per heavy atom. The minimum atomic E-state index is -0.433. The minimum Gasteiger partial charge on any atom is -0.462 e. The number of ketones is 1. The Labute approximate surface area is 134 Å². The predicted molar refractivity (Wildman–Crippen MR) is 79.5 cm³/mol. The summed E-state index contributed by atoms with van der Waals surface area (Å²) in [6.07, 6.45) is 1.60. The van der Waals surface area contributed by atoms with Gasteiger partial charge in [0.05, 0.1) is 11.8 Å². The summed E-state index contributed by atoms with van der Waals surface area (Å²) in [7, 11) is 0. The highest BCUT2D eigenvalue weighted by Gasteiger charge is 2.64. The molecular formula is C18H18O5. The summed E-state index contributed by atoms with van der Waals surface area (Å²) in [5.41, 5.74) is 1.59. The second-order valence-corrected chi connectivity index (χ2v) is 6.82. The van der Waals surface area contributed by atoms with Crippen molar-refractivity contribution in [1.29, 1.82) is 0 Å². The van der Waals surface area contributed by atoms with Crippen LogP contribution in [0, 0.1) is 30.6 Å². The van der Waals surface area contributed by atoms with E-state index in [-0.39, 0.29) is 42.2 Å². The molecule has 23 heavy (non-hydrogen) atoms. The molecule has 2 aliphatic carbocycles. The first kappa shape index (κ1) is 14.4. The van der Waals surface area contributed by atoms with E-state index >= 15 is 0 Å². The lowest BCUT2D eigenvalue weighted by Gasteiger charge is -2.22. The number of ether oxygens (including phenoxy) is 2. The Morgan fingerprint density at radius 1 is 1.22 bits per heavy atom. The number of Topliss-reactive ketones (excluding diaryl/α,β-unsaturated/α-hetero) is 1. The molecule has 120 valence electrons. The number of hydrogen-bond acceptors (Lipinski definition) is 5. The third kappa shape index (κ3) is 2.26. The Kier molecular flexibility index (Phi) is 3.25. The minimum absolute atomic E-state index is 0.00394. The van der Waals surface area contributed by atoms with E-state index in [1.54, 1.807) is 12.1 Å². The zero-order valence-electron chi connectivity index (χ0n) is 12.9. The predicted octanol–water partition coefficient (Wildman–Crippen LogP) is 1.92. The molecule has 1 saturated heterocycles. The Hall–Kier alpha value is -2.17. The molecule has 1 aromatic rings. The van der Waals surface area contributed by atoms with Crippen molar-refractivity contribution in [3.05, 3.63) is 35.4 Å². The molecule has 0 aromatic heterocycles. The Morgan fingerprint density at radius 3 is 2.70 bits per heavy atom. The van der Waals surface area contributed by atoms with Gasteiger partial charge in [-0.25, -0.2) is 0 Å². The van der Waals surface area contributed by atoms with Gasteiger partial charge in [-0.15, -0.1) is 0 Å². The molecule has 2 bridgehead atoms.